The van der Waals surface area contributed by atoms with Crippen molar-refractivity contribution in [1.82, 2.24) is 0 Å². The van der Waals surface area contributed by atoms with Gasteiger partial charge >= 0.3 is 5.97 Å². The Morgan fingerprint density at radius 3 is 1.76 bits per heavy atom. The normalized spacial score (nSPS) is 41.1. The lowest BCUT2D eigenvalue weighted by Gasteiger charge is -2.41. The van der Waals surface area contributed by atoms with Crippen molar-refractivity contribution in [3.8, 4) is 0 Å². The van der Waals surface area contributed by atoms with Crippen molar-refractivity contribution in [2.45, 2.75) is 87.2 Å². The zero-order valence-corrected chi connectivity index (χ0v) is 18.0. The molecule has 144 valence electrons. The second kappa shape index (κ2) is 5.73. The van der Waals surface area contributed by atoms with Crippen LogP contribution in [0.4, 0.5) is 0 Å². The van der Waals surface area contributed by atoms with Gasteiger partial charge in [0.2, 0.25) is 0 Å². The van der Waals surface area contributed by atoms with Crippen LogP contribution < -0.4 is 0 Å². The van der Waals surface area contributed by atoms with Crippen molar-refractivity contribution in [2.24, 2.45) is 52.3 Å². The van der Waals surface area contributed by atoms with Gasteiger partial charge < -0.3 is 4.74 Å². The first-order valence-electron chi connectivity index (χ1n) is 10.4. The topological polar surface area (TPSA) is 26.3 Å². The number of hydrogen-bond donors (Lipinski definition) is 0. The first-order valence-corrected chi connectivity index (χ1v) is 10.4. The van der Waals surface area contributed by atoms with Gasteiger partial charge in [0.15, 0.2) is 0 Å². The monoisotopic (exact) mass is 348 g/mol. The van der Waals surface area contributed by atoms with Crippen LogP contribution in [0.25, 0.3) is 0 Å². The zero-order valence-electron chi connectivity index (χ0n) is 18.0. The van der Waals surface area contributed by atoms with Crippen LogP contribution in [-0.4, -0.2) is 11.6 Å². The Hall–Kier alpha value is -0.530. The highest BCUT2D eigenvalue weighted by Gasteiger charge is 2.64. The second-order valence-electron chi connectivity index (χ2n) is 12.4. The molecule has 3 aliphatic rings. The molecule has 0 aromatic rings. The first-order chi connectivity index (χ1) is 11.2. The summed E-state index contributed by atoms with van der Waals surface area (Å²) in [7, 11) is 0. The number of fused-ring (bicyclic) bond motifs is 5. The minimum absolute atomic E-state index is 0.0744. The van der Waals surface area contributed by atoms with Crippen LogP contribution in [0.15, 0.2) is 0 Å². The van der Waals surface area contributed by atoms with Gasteiger partial charge in [-0.2, -0.15) is 0 Å². The van der Waals surface area contributed by atoms with Gasteiger partial charge in [0.1, 0.15) is 5.60 Å². The first kappa shape index (κ1) is 19.2. The molecule has 3 saturated carbocycles. The molecule has 0 spiro atoms. The fraction of sp³-hybridized carbons (Fsp3) is 0.957. The highest BCUT2D eigenvalue weighted by atomic mass is 16.6. The number of ether oxygens (including phenoxy) is 1. The summed E-state index contributed by atoms with van der Waals surface area (Å²) in [5, 5.41) is 0. The second-order valence-corrected chi connectivity index (χ2v) is 12.4. The van der Waals surface area contributed by atoms with Crippen molar-refractivity contribution in [2.75, 3.05) is 0 Å². The summed E-state index contributed by atoms with van der Waals surface area (Å²) in [4.78, 5) is 12.9. The summed E-state index contributed by atoms with van der Waals surface area (Å²) in [5.74, 6) is 4.61. The lowest BCUT2D eigenvalue weighted by atomic mass is 9.64. The molecule has 0 amide bonds. The summed E-state index contributed by atoms with van der Waals surface area (Å²) in [5.41, 5.74) is 0.325. The van der Waals surface area contributed by atoms with E-state index < -0.39 is 0 Å². The van der Waals surface area contributed by atoms with E-state index in [4.69, 9.17) is 4.74 Å². The molecule has 3 rings (SSSR count). The standard InChI is InChI=1S/C23H40O2/c1-21(2,3)16-12-17(22(4,5)6)19-14-10-13(18(16)19)11-15(14)20(24)25-23(7,8)9/h13-19H,10-12H2,1-9H3. The van der Waals surface area contributed by atoms with Crippen LogP contribution in [0.1, 0.15) is 81.6 Å². The van der Waals surface area contributed by atoms with Crippen LogP contribution >= 0.6 is 0 Å². The van der Waals surface area contributed by atoms with E-state index in [2.05, 4.69) is 41.5 Å². The van der Waals surface area contributed by atoms with Gasteiger partial charge in [-0.3, -0.25) is 4.79 Å². The van der Waals surface area contributed by atoms with E-state index in [0.717, 1.165) is 36.0 Å². The van der Waals surface area contributed by atoms with Gasteiger partial charge in [-0.25, -0.2) is 0 Å². The quantitative estimate of drug-likeness (QED) is 0.548. The van der Waals surface area contributed by atoms with E-state index in [0.29, 0.717) is 16.7 Å². The lowest BCUT2D eigenvalue weighted by Crippen LogP contribution is -2.40. The molecule has 3 aliphatic carbocycles. The van der Waals surface area contributed by atoms with Gasteiger partial charge in [-0.1, -0.05) is 41.5 Å². The molecule has 0 aromatic heterocycles. The van der Waals surface area contributed by atoms with Gasteiger partial charge in [0, 0.05) is 0 Å². The molecular formula is C23H40O2. The van der Waals surface area contributed by atoms with Crippen molar-refractivity contribution >= 4 is 5.97 Å². The Bertz CT molecular complexity index is 528. The molecule has 2 nitrogen and oxygen atoms in total. The van der Waals surface area contributed by atoms with E-state index in [1.54, 1.807) is 0 Å². The van der Waals surface area contributed by atoms with Gasteiger partial charge in [0.25, 0.3) is 0 Å². The van der Waals surface area contributed by atoms with Gasteiger partial charge in [-0.15, -0.1) is 0 Å². The molecule has 7 atom stereocenters. The molecular weight excluding hydrogens is 308 g/mol. The third kappa shape index (κ3) is 3.39. The third-order valence-electron chi connectivity index (χ3n) is 7.50. The Kier molecular flexibility index (Phi) is 4.41. The van der Waals surface area contributed by atoms with Crippen molar-refractivity contribution in [1.29, 1.82) is 0 Å². The molecule has 0 aliphatic heterocycles. The average Bonchev–Trinajstić information content (AvgIpc) is 3.04. The average molecular weight is 349 g/mol. The summed E-state index contributed by atoms with van der Waals surface area (Å²) in [6, 6.07) is 0. The van der Waals surface area contributed by atoms with Crippen LogP contribution in [0.2, 0.25) is 0 Å². The van der Waals surface area contributed by atoms with Crippen molar-refractivity contribution in [3.63, 3.8) is 0 Å². The van der Waals surface area contributed by atoms with Crippen LogP contribution in [0.5, 0.6) is 0 Å². The van der Waals surface area contributed by atoms with E-state index in [1.165, 1.54) is 12.8 Å². The van der Waals surface area contributed by atoms with Gasteiger partial charge in [0.05, 0.1) is 5.92 Å². The number of rotatable bonds is 1. The Labute approximate surface area is 155 Å². The van der Waals surface area contributed by atoms with Crippen LogP contribution in [0, 0.1) is 52.3 Å². The molecule has 7 unspecified atom stereocenters. The Morgan fingerprint density at radius 2 is 1.28 bits per heavy atom. The Balaban J connectivity index is 1.87. The molecule has 3 fully saturated rings. The fourth-order valence-corrected chi connectivity index (χ4v) is 6.71. The minimum atomic E-state index is -0.370. The smallest absolute Gasteiger partial charge is 0.309 e. The number of carbonyl (C=O) groups is 1. The Morgan fingerprint density at radius 1 is 0.760 bits per heavy atom. The minimum Gasteiger partial charge on any atom is -0.460 e. The van der Waals surface area contributed by atoms with Crippen LogP contribution in [0.3, 0.4) is 0 Å². The van der Waals surface area contributed by atoms with E-state index in [1.807, 2.05) is 20.8 Å². The van der Waals surface area contributed by atoms with Crippen molar-refractivity contribution < 1.29 is 9.53 Å². The zero-order chi connectivity index (χ0) is 18.9. The van der Waals surface area contributed by atoms with Gasteiger partial charge in [-0.05, 0) is 86.4 Å². The maximum atomic E-state index is 12.9. The summed E-state index contributed by atoms with van der Waals surface area (Å²) < 4.78 is 5.80. The number of hydrogen-bond acceptors (Lipinski definition) is 2. The lowest BCUT2D eigenvalue weighted by molar-refractivity contribution is -0.163. The maximum absolute atomic E-state index is 12.9. The molecule has 0 radical (unpaired) electrons. The third-order valence-corrected chi connectivity index (χ3v) is 7.50. The number of carbonyl (C=O) groups excluding carboxylic acids is 1. The molecule has 2 heteroatoms. The summed E-state index contributed by atoms with van der Waals surface area (Å²) >= 11 is 0. The molecule has 2 bridgehead atoms. The summed E-state index contributed by atoms with van der Waals surface area (Å²) in [6.45, 7) is 20.5. The van der Waals surface area contributed by atoms with Crippen LogP contribution in [-0.2, 0) is 9.53 Å². The largest absolute Gasteiger partial charge is 0.460 e. The highest BCUT2D eigenvalue weighted by molar-refractivity contribution is 5.74. The molecule has 0 heterocycles. The molecule has 0 N–H and O–H groups in total. The molecule has 0 saturated heterocycles. The summed E-state index contributed by atoms with van der Waals surface area (Å²) in [6.07, 6.45) is 3.68. The highest BCUT2D eigenvalue weighted by Crippen LogP contribution is 2.69. The van der Waals surface area contributed by atoms with E-state index in [9.17, 15) is 4.79 Å². The fourth-order valence-electron chi connectivity index (χ4n) is 6.71. The maximum Gasteiger partial charge on any atom is 0.309 e. The van der Waals surface area contributed by atoms with E-state index >= 15 is 0 Å². The molecule has 25 heavy (non-hydrogen) atoms. The van der Waals surface area contributed by atoms with E-state index in [-0.39, 0.29) is 17.5 Å². The van der Waals surface area contributed by atoms with Crippen molar-refractivity contribution in [3.05, 3.63) is 0 Å². The predicted octanol–water partition coefficient (Wildman–Crippen LogP) is 5.94. The number of esters is 1. The molecule has 0 aromatic carbocycles. The predicted molar refractivity (Wildman–Crippen MR) is 103 cm³/mol. The SMILES string of the molecule is CC(C)(C)OC(=O)C1CC2CC1C1C2C(C(C)(C)C)CC1C(C)(C)C.